The zero-order valence-electron chi connectivity index (χ0n) is 16.0. The maximum Gasteiger partial charge on any atom is 0.263 e. The van der Waals surface area contributed by atoms with Crippen molar-refractivity contribution < 1.29 is 14.3 Å². The van der Waals surface area contributed by atoms with Crippen LogP contribution in [0.4, 0.5) is 11.4 Å². The van der Waals surface area contributed by atoms with Crippen molar-refractivity contribution in [3.63, 3.8) is 0 Å². The van der Waals surface area contributed by atoms with Crippen LogP contribution in [0.5, 0.6) is 5.75 Å². The largest absolute Gasteiger partial charge is 0.497 e. The number of methoxy groups -OCH3 is 1. The summed E-state index contributed by atoms with van der Waals surface area (Å²) in [6, 6.07) is 15.3. The van der Waals surface area contributed by atoms with E-state index in [2.05, 4.69) is 5.32 Å². The van der Waals surface area contributed by atoms with Crippen LogP contribution in [0, 0.1) is 11.3 Å². The van der Waals surface area contributed by atoms with E-state index in [0.717, 1.165) is 5.56 Å². The highest BCUT2D eigenvalue weighted by atomic mass is 16.5. The molecule has 1 unspecified atom stereocenters. The van der Waals surface area contributed by atoms with Crippen LogP contribution in [0.15, 0.2) is 60.3 Å². The zero-order chi connectivity index (χ0) is 20.7. The molecule has 0 radical (unpaired) electrons. The Hall–Kier alpha value is -3.79. The molecule has 3 N–H and O–H groups in total. The Morgan fingerprint density at radius 2 is 1.79 bits per heavy atom. The molecule has 144 valence electrons. The average Bonchev–Trinajstić information content (AvgIpc) is 2.69. The molecule has 0 fully saturated rings. The maximum absolute atomic E-state index is 12.5. The van der Waals surface area contributed by atoms with Crippen molar-refractivity contribution >= 4 is 23.2 Å². The lowest BCUT2D eigenvalue weighted by molar-refractivity contribution is -0.117. The lowest BCUT2D eigenvalue weighted by Gasteiger charge is -2.18. The van der Waals surface area contributed by atoms with Gasteiger partial charge in [0.05, 0.1) is 13.2 Å². The van der Waals surface area contributed by atoms with Crippen molar-refractivity contribution in [1.29, 1.82) is 5.26 Å². The number of anilines is 2. The first kappa shape index (κ1) is 20.5. The number of amides is 2. The number of carbonyl (C=O) groups is 2. The van der Waals surface area contributed by atoms with E-state index in [1.54, 1.807) is 50.4 Å². The topological polar surface area (TPSA) is 108 Å². The van der Waals surface area contributed by atoms with E-state index in [-0.39, 0.29) is 17.5 Å². The molecule has 2 amide bonds. The number of nitriles is 1. The third-order valence-corrected chi connectivity index (χ3v) is 4.10. The quantitative estimate of drug-likeness (QED) is 0.456. The summed E-state index contributed by atoms with van der Waals surface area (Å²) in [5.41, 5.74) is 7.38. The van der Waals surface area contributed by atoms with Gasteiger partial charge in [0.1, 0.15) is 17.4 Å². The first-order chi connectivity index (χ1) is 13.3. The molecule has 28 heavy (non-hydrogen) atoms. The molecule has 2 aromatic carbocycles. The first-order valence-corrected chi connectivity index (χ1v) is 8.57. The van der Waals surface area contributed by atoms with Gasteiger partial charge in [-0.15, -0.1) is 0 Å². The maximum atomic E-state index is 12.5. The molecule has 0 aliphatic carbocycles. The fourth-order valence-electron chi connectivity index (χ4n) is 2.50. The fraction of sp³-hybridized carbons (Fsp3) is 0.190. The summed E-state index contributed by atoms with van der Waals surface area (Å²) in [5, 5.41) is 12.2. The van der Waals surface area contributed by atoms with E-state index in [1.165, 1.54) is 18.0 Å². The Balaban J connectivity index is 2.21. The number of ether oxygens (including phenoxy) is 1. The normalized spacial score (nSPS) is 11.9. The van der Waals surface area contributed by atoms with E-state index in [1.807, 2.05) is 18.2 Å². The molecule has 7 nitrogen and oxygen atoms in total. The second-order valence-electron chi connectivity index (χ2n) is 6.10. The summed E-state index contributed by atoms with van der Waals surface area (Å²) in [7, 11) is 1.58. The van der Waals surface area contributed by atoms with Crippen molar-refractivity contribution in [3.8, 4) is 11.8 Å². The predicted octanol–water partition coefficient (Wildman–Crippen LogP) is 2.92. The molecule has 0 aliphatic rings. The number of benzene rings is 2. The predicted molar refractivity (Wildman–Crippen MR) is 107 cm³/mol. The van der Waals surface area contributed by atoms with Crippen LogP contribution < -0.4 is 20.7 Å². The molecule has 0 heterocycles. The van der Waals surface area contributed by atoms with E-state index in [0.29, 0.717) is 17.1 Å². The lowest BCUT2D eigenvalue weighted by atomic mass is 10.1. The SMILES string of the molecule is COc1ccc(C(C)NC(=O)/C(C#N)=C\N(C(C)=O)c2ccc(N)cc2)cc1. The molecule has 7 heteroatoms. The molecule has 2 aromatic rings. The Morgan fingerprint density at radius 3 is 2.29 bits per heavy atom. The lowest BCUT2D eigenvalue weighted by Crippen LogP contribution is -2.30. The number of rotatable bonds is 6. The smallest absolute Gasteiger partial charge is 0.263 e. The molecule has 0 aliphatic heterocycles. The van der Waals surface area contributed by atoms with E-state index >= 15 is 0 Å². The van der Waals surface area contributed by atoms with Gasteiger partial charge in [-0.2, -0.15) is 5.26 Å². The van der Waals surface area contributed by atoms with Crippen LogP contribution in [0.25, 0.3) is 0 Å². The summed E-state index contributed by atoms with van der Waals surface area (Å²) in [4.78, 5) is 25.8. The third kappa shape index (κ3) is 5.11. The Kier molecular flexibility index (Phi) is 6.77. The summed E-state index contributed by atoms with van der Waals surface area (Å²) < 4.78 is 5.12. The van der Waals surface area contributed by atoms with Gasteiger partial charge in [0.15, 0.2) is 0 Å². The van der Waals surface area contributed by atoms with Crippen molar-refractivity contribution in [2.24, 2.45) is 0 Å². The molecular weight excluding hydrogens is 356 g/mol. The van der Waals surface area contributed by atoms with Gasteiger partial charge >= 0.3 is 0 Å². The average molecular weight is 378 g/mol. The number of carbonyl (C=O) groups excluding carboxylic acids is 2. The molecule has 0 spiro atoms. The molecule has 0 saturated carbocycles. The van der Waals surface area contributed by atoms with Gasteiger partial charge < -0.3 is 15.8 Å². The minimum Gasteiger partial charge on any atom is -0.497 e. The zero-order valence-corrected chi connectivity index (χ0v) is 16.0. The van der Waals surface area contributed by atoms with Gasteiger partial charge in [0.25, 0.3) is 5.91 Å². The number of hydrogen-bond acceptors (Lipinski definition) is 5. The second-order valence-corrected chi connectivity index (χ2v) is 6.10. The monoisotopic (exact) mass is 378 g/mol. The molecule has 0 bridgehead atoms. The van der Waals surface area contributed by atoms with Crippen molar-refractivity contribution in [2.75, 3.05) is 17.7 Å². The summed E-state index contributed by atoms with van der Waals surface area (Å²) in [6.07, 6.45) is 1.23. The van der Waals surface area contributed by atoms with Crippen molar-refractivity contribution in [2.45, 2.75) is 19.9 Å². The highest BCUT2D eigenvalue weighted by molar-refractivity contribution is 6.01. The fourth-order valence-corrected chi connectivity index (χ4v) is 2.50. The van der Waals surface area contributed by atoms with Crippen LogP contribution in [0.1, 0.15) is 25.5 Å². The number of nitrogens with one attached hydrogen (secondary N) is 1. The highest BCUT2D eigenvalue weighted by Crippen LogP contribution is 2.20. The van der Waals surface area contributed by atoms with E-state index < -0.39 is 5.91 Å². The summed E-state index contributed by atoms with van der Waals surface area (Å²) in [5.74, 6) is -0.207. The van der Waals surface area contributed by atoms with Crippen LogP contribution in [-0.4, -0.2) is 18.9 Å². The van der Waals surface area contributed by atoms with Crippen molar-refractivity contribution in [3.05, 3.63) is 65.9 Å². The molecule has 1 atom stereocenters. The second kappa shape index (κ2) is 9.24. The molecule has 2 rings (SSSR count). The third-order valence-electron chi connectivity index (χ3n) is 4.10. The molecule has 0 saturated heterocycles. The van der Waals surface area contributed by atoms with Crippen LogP contribution in [0.3, 0.4) is 0 Å². The summed E-state index contributed by atoms with van der Waals surface area (Å²) in [6.45, 7) is 3.15. The number of hydrogen-bond donors (Lipinski definition) is 2. The summed E-state index contributed by atoms with van der Waals surface area (Å²) >= 11 is 0. The van der Waals surface area contributed by atoms with Gasteiger partial charge in [-0.05, 0) is 48.9 Å². The first-order valence-electron chi connectivity index (χ1n) is 8.57. The van der Waals surface area contributed by atoms with Gasteiger partial charge in [-0.1, -0.05) is 12.1 Å². The standard InChI is InChI=1S/C21H22N4O3/c1-14(16-4-10-20(28-3)11-5-16)24-21(27)17(12-22)13-25(15(2)26)19-8-6-18(23)7-9-19/h4-11,13-14H,23H2,1-3H3,(H,24,27)/b17-13-. The van der Waals surface area contributed by atoms with Gasteiger partial charge in [-0.3, -0.25) is 14.5 Å². The highest BCUT2D eigenvalue weighted by Gasteiger charge is 2.17. The van der Waals surface area contributed by atoms with Crippen LogP contribution in [0.2, 0.25) is 0 Å². The Morgan fingerprint density at radius 1 is 1.18 bits per heavy atom. The van der Waals surface area contributed by atoms with Crippen molar-refractivity contribution in [1.82, 2.24) is 5.32 Å². The van der Waals surface area contributed by atoms with Gasteiger partial charge in [0, 0.05) is 24.5 Å². The Labute approximate surface area is 164 Å². The Bertz CT molecular complexity index is 912. The van der Waals surface area contributed by atoms with Gasteiger partial charge in [-0.25, -0.2) is 0 Å². The minimum atomic E-state index is -0.576. The van der Waals surface area contributed by atoms with E-state index in [4.69, 9.17) is 10.5 Å². The number of nitrogen functional groups attached to an aromatic ring is 1. The molecule has 0 aromatic heterocycles. The number of nitrogens with zero attached hydrogens (tertiary/aromatic N) is 2. The molecular formula is C21H22N4O3. The van der Waals surface area contributed by atoms with Crippen LogP contribution in [-0.2, 0) is 9.59 Å². The number of nitrogens with two attached hydrogens (primary N) is 1. The van der Waals surface area contributed by atoms with Crippen LogP contribution >= 0.6 is 0 Å². The van der Waals surface area contributed by atoms with E-state index in [9.17, 15) is 14.9 Å². The minimum absolute atomic E-state index is 0.188. The van der Waals surface area contributed by atoms with Gasteiger partial charge in [0.2, 0.25) is 5.91 Å².